The summed E-state index contributed by atoms with van der Waals surface area (Å²) in [5, 5.41) is 1.17. The molecule has 2 heterocycles. The van der Waals surface area contributed by atoms with Gasteiger partial charge in [0, 0.05) is 35.1 Å². The Labute approximate surface area is 101 Å². The Kier molecular flexibility index (Phi) is 2.20. The Morgan fingerprint density at radius 3 is 2.88 bits per heavy atom. The predicted octanol–water partition coefficient (Wildman–Crippen LogP) is 3.12. The quantitative estimate of drug-likeness (QED) is 0.707. The number of rotatable bonds is 0. The van der Waals surface area contributed by atoms with Crippen LogP contribution in [0, 0.1) is 0 Å². The maximum absolute atomic E-state index is 5.99. The van der Waals surface area contributed by atoms with Gasteiger partial charge in [0.05, 0.1) is 0 Å². The summed E-state index contributed by atoms with van der Waals surface area (Å²) in [4.78, 5) is 2.37. The fourth-order valence-electron chi connectivity index (χ4n) is 2.84. The molecule has 2 N–H and O–H groups in total. The van der Waals surface area contributed by atoms with Crippen LogP contribution in [0.1, 0.15) is 37.1 Å². The first-order valence-corrected chi connectivity index (χ1v) is 6.10. The van der Waals surface area contributed by atoms with Crippen molar-refractivity contribution < 1.29 is 4.42 Å². The lowest BCUT2D eigenvalue weighted by Gasteiger charge is -2.32. The summed E-state index contributed by atoms with van der Waals surface area (Å²) >= 11 is 0. The van der Waals surface area contributed by atoms with E-state index in [2.05, 4.69) is 25.8 Å². The minimum absolute atomic E-state index is 0.393. The average molecular weight is 230 g/mol. The molecule has 17 heavy (non-hydrogen) atoms. The Hall–Kier alpha value is -1.48. The lowest BCUT2D eigenvalue weighted by Crippen LogP contribution is -2.31. The number of fused-ring (bicyclic) bond motifs is 3. The summed E-state index contributed by atoms with van der Waals surface area (Å²) in [6.45, 7) is 5.49. The van der Waals surface area contributed by atoms with Crippen molar-refractivity contribution in [3.05, 3.63) is 29.5 Å². The van der Waals surface area contributed by atoms with Crippen LogP contribution in [-0.4, -0.2) is 18.5 Å². The van der Waals surface area contributed by atoms with Gasteiger partial charge in [-0.15, -0.1) is 0 Å². The van der Waals surface area contributed by atoms with Crippen LogP contribution in [0.2, 0.25) is 0 Å². The third-order valence-corrected chi connectivity index (χ3v) is 3.87. The summed E-state index contributed by atoms with van der Waals surface area (Å²) in [5.74, 6) is 1.58. The average Bonchev–Trinajstić information content (AvgIpc) is 2.65. The van der Waals surface area contributed by atoms with Gasteiger partial charge in [0.25, 0.3) is 0 Å². The smallest absolute Gasteiger partial charge is 0.134 e. The molecule has 3 heteroatoms. The standard InChI is InChI=1S/C14H18N2O/c1-8-7-16(3)9(2)13-11-6-10(15)4-5-12(11)17-14(8)13/h4-6,8-9H,7,15H2,1-3H3/t8-,9-/m1/s1. The van der Waals surface area contributed by atoms with Crippen molar-refractivity contribution in [2.45, 2.75) is 25.8 Å². The van der Waals surface area contributed by atoms with Crippen molar-refractivity contribution in [2.24, 2.45) is 0 Å². The summed E-state index contributed by atoms with van der Waals surface area (Å²) in [6, 6.07) is 6.29. The number of furan rings is 1. The number of nitrogens with zero attached hydrogens (tertiary/aromatic N) is 1. The molecule has 1 aromatic heterocycles. The highest BCUT2D eigenvalue weighted by molar-refractivity contribution is 5.86. The van der Waals surface area contributed by atoms with Gasteiger partial charge in [-0.05, 0) is 32.2 Å². The number of benzene rings is 1. The van der Waals surface area contributed by atoms with Crippen molar-refractivity contribution >= 4 is 16.7 Å². The molecule has 0 spiro atoms. The lowest BCUT2D eigenvalue weighted by molar-refractivity contribution is 0.215. The van der Waals surface area contributed by atoms with Crippen LogP contribution < -0.4 is 5.73 Å². The van der Waals surface area contributed by atoms with Gasteiger partial charge in [-0.3, -0.25) is 4.90 Å². The zero-order chi connectivity index (χ0) is 12.2. The second-order valence-corrected chi connectivity index (χ2v) is 5.15. The van der Waals surface area contributed by atoms with E-state index in [1.165, 1.54) is 10.9 Å². The molecule has 0 aliphatic carbocycles. The molecule has 2 aromatic rings. The maximum atomic E-state index is 5.99. The molecule has 0 fully saturated rings. The monoisotopic (exact) mass is 230 g/mol. The molecule has 0 bridgehead atoms. The van der Waals surface area contributed by atoms with E-state index in [-0.39, 0.29) is 0 Å². The summed E-state index contributed by atoms with van der Waals surface area (Å²) in [5.41, 5.74) is 8.95. The van der Waals surface area contributed by atoms with Crippen LogP contribution in [0.25, 0.3) is 11.0 Å². The zero-order valence-corrected chi connectivity index (χ0v) is 10.5. The van der Waals surface area contributed by atoms with E-state index in [1.54, 1.807) is 0 Å². The largest absolute Gasteiger partial charge is 0.460 e. The molecular formula is C14H18N2O. The summed E-state index contributed by atoms with van der Waals surface area (Å²) in [7, 11) is 2.16. The van der Waals surface area contributed by atoms with Crippen molar-refractivity contribution in [3.63, 3.8) is 0 Å². The Balaban J connectivity index is 2.31. The molecule has 0 amide bonds. The van der Waals surface area contributed by atoms with E-state index < -0.39 is 0 Å². The van der Waals surface area contributed by atoms with Gasteiger partial charge in [0.1, 0.15) is 11.3 Å². The van der Waals surface area contributed by atoms with E-state index in [1.807, 2.05) is 18.2 Å². The van der Waals surface area contributed by atoms with Gasteiger partial charge in [0.2, 0.25) is 0 Å². The number of hydrogen-bond donors (Lipinski definition) is 1. The molecule has 0 unspecified atom stereocenters. The van der Waals surface area contributed by atoms with E-state index in [0.717, 1.165) is 23.6 Å². The number of nitrogens with two attached hydrogens (primary N) is 1. The molecule has 1 aliphatic heterocycles. The molecule has 0 saturated carbocycles. The molecule has 1 aliphatic rings. The van der Waals surface area contributed by atoms with Gasteiger partial charge in [-0.1, -0.05) is 6.92 Å². The third kappa shape index (κ3) is 1.46. The van der Waals surface area contributed by atoms with Gasteiger partial charge in [0.15, 0.2) is 0 Å². The highest BCUT2D eigenvalue weighted by Gasteiger charge is 2.31. The highest BCUT2D eigenvalue weighted by atomic mass is 16.3. The second kappa shape index (κ2) is 3.50. The van der Waals surface area contributed by atoms with Crippen molar-refractivity contribution in [3.8, 4) is 0 Å². The topological polar surface area (TPSA) is 42.4 Å². The Bertz CT molecular complexity index is 573. The zero-order valence-electron chi connectivity index (χ0n) is 10.5. The molecule has 2 atom stereocenters. The molecule has 90 valence electrons. The van der Waals surface area contributed by atoms with Gasteiger partial charge in [-0.25, -0.2) is 0 Å². The molecule has 0 saturated heterocycles. The Morgan fingerprint density at radius 1 is 1.35 bits per heavy atom. The summed E-state index contributed by atoms with van der Waals surface area (Å²) < 4.78 is 5.99. The van der Waals surface area contributed by atoms with E-state index in [0.29, 0.717) is 12.0 Å². The number of likely N-dealkylation sites (N-methyl/N-ethyl adjacent to an activating group) is 1. The second-order valence-electron chi connectivity index (χ2n) is 5.15. The molecule has 0 radical (unpaired) electrons. The van der Waals surface area contributed by atoms with Gasteiger partial charge >= 0.3 is 0 Å². The first kappa shape index (κ1) is 10.7. The fourth-order valence-corrected chi connectivity index (χ4v) is 2.84. The van der Waals surface area contributed by atoms with E-state index >= 15 is 0 Å². The fraction of sp³-hybridized carbons (Fsp3) is 0.429. The first-order valence-electron chi connectivity index (χ1n) is 6.10. The van der Waals surface area contributed by atoms with Crippen LogP contribution in [0.4, 0.5) is 5.69 Å². The van der Waals surface area contributed by atoms with Crippen molar-refractivity contribution in [1.29, 1.82) is 0 Å². The number of hydrogen-bond acceptors (Lipinski definition) is 3. The highest BCUT2D eigenvalue weighted by Crippen LogP contribution is 2.41. The minimum Gasteiger partial charge on any atom is -0.460 e. The molecular weight excluding hydrogens is 212 g/mol. The molecule has 3 nitrogen and oxygen atoms in total. The SMILES string of the molecule is C[C@@H]1CN(C)[C@H](C)c2c1oc1ccc(N)cc21. The third-order valence-electron chi connectivity index (χ3n) is 3.87. The van der Waals surface area contributed by atoms with Crippen LogP contribution >= 0.6 is 0 Å². The van der Waals surface area contributed by atoms with Crippen LogP contribution in [0.3, 0.4) is 0 Å². The van der Waals surface area contributed by atoms with Crippen LogP contribution in [0.5, 0.6) is 0 Å². The van der Waals surface area contributed by atoms with E-state index in [4.69, 9.17) is 10.2 Å². The lowest BCUT2D eigenvalue weighted by atomic mass is 9.92. The van der Waals surface area contributed by atoms with Crippen molar-refractivity contribution in [2.75, 3.05) is 19.3 Å². The maximum Gasteiger partial charge on any atom is 0.134 e. The Morgan fingerprint density at radius 2 is 2.12 bits per heavy atom. The number of nitrogen functional groups attached to an aromatic ring is 1. The molecule has 3 rings (SSSR count). The van der Waals surface area contributed by atoms with E-state index in [9.17, 15) is 0 Å². The van der Waals surface area contributed by atoms with Gasteiger partial charge in [-0.2, -0.15) is 0 Å². The first-order chi connectivity index (χ1) is 8.08. The molecule has 1 aromatic carbocycles. The van der Waals surface area contributed by atoms with Crippen molar-refractivity contribution in [1.82, 2.24) is 4.90 Å². The minimum atomic E-state index is 0.393. The number of anilines is 1. The normalized spacial score (nSPS) is 25.1. The van der Waals surface area contributed by atoms with Crippen LogP contribution in [0.15, 0.2) is 22.6 Å². The van der Waals surface area contributed by atoms with Gasteiger partial charge < -0.3 is 10.2 Å². The predicted molar refractivity (Wildman–Crippen MR) is 70.1 cm³/mol. The summed E-state index contributed by atoms with van der Waals surface area (Å²) in [6.07, 6.45) is 0. The van der Waals surface area contributed by atoms with Crippen LogP contribution in [-0.2, 0) is 0 Å².